The van der Waals surface area contributed by atoms with Crippen molar-refractivity contribution in [2.24, 2.45) is 5.41 Å². The van der Waals surface area contributed by atoms with Crippen LogP contribution in [0, 0.1) is 5.41 Å². The fourth-order valence-corrected chi connectivity index (χ4v) is 2.43. The van der Waals surface area contributed by atoms with Gasteiger partial charge in [-0.05, 0) is 31.2 Å². The Kier molecular flexibility index (Phi) is 6.82. The zero-order valence-electron chi connectivity index (χ0n) is 14.4. The second-order valence-corrected chi connectivity index (χ2v) is 6.58. The van der Waals surface area contributed by atoms with Gasteiger partial charge < -0.3 is 10.4 Å². The van der Waals surface area contributed by atoms with E-state index >= 15 is 0 Å². The van der Waals surface area contributed by atoms with Crippen molar-refractivity contribution in [1.29, 1.82) is 0 Å². The molecule has 3 heteroatoms. The molecule has 22 heavy (non-hydrogen) atoms. The van der Waals surface area contributed by atoms with Crippen LogP contribution in [0.2, 0.25) is 0 Å². The fourth-order valence-electron chi connectivity index (χ4n) is 2.43. The van der Waals surface area contributed by atoms with Gasteiger partial charge in [0, 0.05) is 24.6 Å². The molecule has 1 atom stereocenters. The number of hydrogen-bond acceptors (Lipinski definition) is 2. The summed E-state index contributed by atoms with van der Waals surface area (Å²) in [4.78, 5) is 12.3. The molecule has 1 rings (SSSR count). The van der Waals surface area contributed by atoms with E-state index in [1.807, 2.05) is 65.0 Å². The second-order valence-electron chi connectivity index (χ2n) is 6.58. The van der Waals surface area contributed by atoms with E-state index in [9.17, 15) is 9.90 Å². The van der Waals surface area contributed by atoms with E-state index in [1.54, 1.807) is 0 Å². The Morgan fingerprint density at radius 3 is 2.32 bits per heavy atom. The molecular formula is C19H29NO2. The molecule has 1 aromatic carbocycles. The molecule has 0 heterocycles. The van der Waals surface area contributed by atoms with Gasteiger partial charge in [-0.15, -0.1) is 0 Å². The quantitative estimate of drug-likeness (QED) is 0.755. The first-order valence-electron chi connectivity index (χ1n) is 7.93. The molecular weight excluding hydrogens is 274 g/mol. The van der Waals surface area contributed by atoms with Crippen LogP contribution in [-0.4, -0.2) is 24.2 Å². The van der Waals surface area contributed by atoms with Gasteiger partial charge in [0.2, 0.25) is 5.91 Å². The molecule has 1 amide bonds. The van der Waals surface area contributed by atoms with Gasteiger partial charge in [-0.3, -0.25) is 4.79 Å². The molecule has 0 spiro atoms. The molecule has 2 N–H and O–H groups in total. The molecule has 122 valence electrons. The molecule has 0 aliphatic heterocycles. The van der Waals surface area contributed by atoms with E-state index in [0.717, 1.165) is 23.1 Å². The zero-order valence-corrected chi connectivity index (χ0v) is 14.4. The summed E-state index contributed by atoms with van der Waals surface area (Å²) < 4.78 is 0. The van der Waals surface area contributed by atoms with Crippen LogP contribution in [0.5, 0.6) is 0 Å². The molecule has 0 aliphatic rings. The highest BCUT2D eigenvalue weighted by atomic mass is 16.3. The lowest BCUT2D eigenvalue weighted by Crippen LogP contribution is -2.37. The maximum atomic E-state index is 12.3. The summed E-state index contributed by atoms with van der Waals surface area (Å²) >= 11 is 0. The normalized spacial score (nSPS) is 14.3. The van der Waals surface area contributed by atoms with Crippen LogP contribution in [0.4, 0.5) is 0 Å². The largest absolute Gasteiger partial charge is 0.396 e. The van der Waals surface area contributed by atoms with E-state index in [4.69, 9.17) is 0 Å². The van der Waals surface area contributed by atoms with Gasteiger partial charge in [0.1, 0.15) is 0 Å². The van der Waals surface area contributed by atoms with Crippen LogP contribution in [-0.2, 0) is 4.79 Å². The summed E-state index contributed by atoms with van der Waals surface area (Å²) in [6.07, 6.45) is 0.878. The summed E-state index contributed by atoms with van der Waals surface area (Å²) in [5.41, 5.74) is 2.73. The topological polar surface area (TPSA) is 49.3 Å². The first kappa shape index (κ1) is 18.4. The number of allylic oxidation sites excluding steroid dienone is 1. The maximum absolute atomic E-state index is 12.3. The third kappa shape index (κ3) is 4.70. The number of carbonyl (C=O) groups excluding carboxylic acids is 1. The predicted molar refractivity (Wildman–Crippen MR) is 91.7 cm³/mol. The fraction of sp³-hybridized carbons (Fsp3) is 0.526. The first-order valence-corrected chi connectivity index (χ1v) is 7.93. The van der Waals surface area contributed by atoms with Crippen LogP contribution in [0.15, 0.2) is 41.5 Å². The van der Waals surface area contributed by atoms with E-state index in [0.29, 0.717) is 6.54 Å². The highest BCUT2D eigenvalue weighted by molar-refractivity contribution is 5.93. The Hall–Kier alpha value is -1.61. The van der Waals surface area contributed by atoms with Crippen molar-refractivity contribution in [3.63, 3.8) is 0 Å². The summed E-state index contributed by atoms with van der Waals surface area (Å²) in [6.45, 7) is 10.5. The Morgan fingerprint density at radius 2 is 1.82 bits per heavy atom. The molecule has 1 aromatic rings. The minimum atomic E-state index is -0.300. The monoisotopic (exact) mass is 303 g/mol. The minimum absolute atomic E-state index is 0.0194. The number of nitrogens with one attached hydrogen (secondary N) is 1. The molecule has 0 aliphatic carbocycles. The van der Waals surface area contributed by atoms with Crippen molar-refractivity contribution in [2.75, 3.05) is 13.2 Å². The highest BCUT2D eigenvalue weighted by Gasteiger charge is 2.30. The van der Waals surface area contributed by atoms with Crippen molar-refractivity contribution >= 4 is 5.91 Å². The summed E-state index contributed by atoms with van der Waals surface area (Å²) in [7, 11) is 0. The average molecular weight is 303 g/mol. The SMILES string of the molecule is CC/C(C)=C(/C)C(=O)NCC(c1ccccc1)C(C)(C)CO. The van der Waals surface area contributed by atoms with Crippen LogP contribution in [0.3, 0.4) is 0 Å². The molecule has 1 unspecified atom stereocenters. The van der Waals surface area contributed by atoms with Gasteiger partial charge in [0.15, 0.2) is 0 Å². The van der Waals surface area contributed by atoms with E-state index in [-0.39, 0.29) is 23.8 Å². The molecule has 0 radical (unpaired) electrons. The van der Waals surface area contributed by atoms with Gasteiger partial charge in [-0.1, -0.05) is 56.7 Å². The third-order valence-electron chi connectivity index (χ3n) is 4.53. The van der Waals surface area contributed by atoms with Gasteiger partial charge >= 0.3 is 0 Å². The number of carbonyl (C=O) groups is 1. The zero-order chi connectivity index (χ0) is 16.8. The van der Waals surface area contributed by atoms with Crippen molar-refractivity contribution in [3.05, 3.63) is 47.0 Å². The van der Waals surface area contributed by atoms with Crippen molar-refractivity contribution in [1.82, 2.24) is 5.32 Å². The lowest BCUT2D eigenvalue weighted by molar-refractivity contribution is -0.117. The Morgan fingerprint density at radius 1 is 1.23 bits per heavy atom. The predicted octanol–water partition coefficient (Wildman–Crippen LogP) is 3.65. The molecule has 0 bridgehead atoms. The summed E-state index contributed by atoms with van der Waals surface area (Å²) in [6, 6.07) is 10.1. The third-order valence-corrected chi connectivity index (χ3v) is 4.53. The van der Waals surface area contributed by atoms with Crippen molar-refractivity contribution < 1.29 is 9.90 Å². The van der Waals surface area contributed by atoms with Crippen LogP contribution >= 0.6 is 0 Å². The smallest absolute Gasteiger partial charge is 0.246 e. The number of benzene rings is 1. The van der Waals surface area contributed by atoms with E-state index in [1.165, 1.54) is 0 Å². The van der Waals surface area contributed by atoms with Crippen LogP contribution in [0.25, 0.3) is 0 Å². The van der Waals surface area contributed by atoms with Gasteiger partial charge in [-0.25, -0.2) is 0 Å². The number of hydrogen-bond donors (Lipinski definition) is 2. The van der Waals surface area contributed by atoms with Crippen LogP contribution in [0.1, 0.15) is 52.5 Å². The van der Waals surface area contributed by atoms with Crippen molar-refractivity contribution in [2.45, 2.75) is 47.0 Å². The molecule has 0 fully saturated rings. The number of rotatable bonds is 7. The Labute approximate surface area is 134 Å². The van der Waals surface area contributed by atoms with Gasteiger partial charge in [0.25, 0.3) is 0 Å². The molecule has 3 nitrogen and oxygen atoms in total. The van der Waals surface area contributed by atoms with E-state index < -0.39 is 0 Å². The minimum Gasteiger partial charge on any atom is -0.396 e. The lowest BCUT2D eigenvalue weighted by Gasteiger charge is -2.33. The first-order chi connectivity index (χ1) is 10.3. The van der Waals surface area contributed by atoms with Gasteiger partial charge in [-0.2, -0.15) is 0 Å². The van der Waals surface area contributed by atoms with Gasteiger partial charge in [0.05, 0.1) is 0 Å². The number of aliphatic hydroxyl groups excluding tert-OH is 1. The Bertz CT molecular complexity index is 517. The Balaban J connectivity index is 2.91. The molecule has 0 saturated carbocycles. The summed E-state index contributed by atoms with van der Waals surface area (Å²) in [5, 5.41) is 12.7. The number of aliphatic hydroxyl groups is 1. The van der Waals surface area contributed by atoms with Crippen molar-refractivity contribution in [3.8, 4) is 0 Å². The number of amides is 1. The highest BCUT2D eigenvalue weighted by Crippen LogP contribution is 2.34. The average Bonchev–Trinajstić information content (AvgIpc) is 2.54. The lowest BCUT2D eigenvalue weighted by atomic mass is 9.75. The second kappa shape index (κ2) is 8.14. The standard InChI is InChI=1S/C19H29NO2/c1-6-14(2)15(3)18(22)20-12-17(19(4,5)13-21)16-10-8-7-9-11-16/h7-11,17,21H,6,12-13H2,1-5H3,(H,20,22)/b15-14-. The summed E-state index contributed by atoms with van der Waals surface area (Å²) in [5.74, 6) is 0.0476. The molecule has 0 saturated heterocycles. The van der Waals surface area contributed by atoms with Crippen LogP contribution < -0.4 is 5.32 Å². The van der Waals surface area contributed by atoms with E-state index in [2.05, 4.69) is 5.32 Å². The molecule has 0 aromatic heterocycles. The maximum Gasteiger partial charge on any atom is 0.246 e.